The van der Waals surface area contributed by atoms with Gasteiger partial charge in [-0.3, -0.25) is 4.79 Å². The van der Waals surface area contributed by atoms with Crippen LogP contribution in [0.5, 0.6) is 0 Å². The van der Waals surface area contributed by atoms with Crippen molar-refractivity contribution in [3.63, 3.8) is 0 Å². The first-order valence-electron chi connectivity index (χ1n) is 6.93. The van der Waals surface area contributed by atoms with Gasteiger partial charge in [0.1, 0.15) is 0 Å². The number of aliphatic carboxylic acids is 1. The first-order valence-corrected chi connectivity index (χ1v) is 6.93. The zero-order valence-electron chi connectivity index (χ0n) is 12.1. The molecule has 5 heteroatoms. The van der Waals surface area contributed by atoms with Gasteiger partial charge in [0.25, 0.3) is 0 Å². The highest BCUT2D eigenvalue weighted by Crippen LogP contribution is 2.29. The molecule has 0 aliphatic heterocycles. The lowest BCUT2D eigenvalue weighted by Gasteiger charge is -2.12. The second-order valence-corrected chi connectivity index (χ2v) is 4.81. The quantitative estimate of drug-likeness (QED) is 0.792. The Balaban J connectivity index is 2.32. The third-order valence-corrected chi connectivity index (χ3v) is 3.29. The fourth-order valence-electron chi connectivity index (χ4n) is 2.07. The van der Waals surface area contributed by atoms with Crippen LogP contribution in [0.2, 0.25) is 0 Å². The van der Waals surface area contributed by atoms with Gasteiger partial charge in [-0.05, 0) is 17.2 Å². The zero-order chi connectivity index (χ0) is 16.1. The summed E-state index contributed by atoms with van der Waals surface area (Å²) in [6.07, 6.45) is -1.15. The average Bonchev–Trinajstić information content (AvgIpc) is 2.54. The molecule has 22 heavy (non-hydrogen) atoms. The summed E-state index contributed by atoms with van der Waals surface area (Å²) in [5.74, 6) is -1.37. The van der Waals surface area contributed by atoms with Gasteiger partial charge in [-0.15, -0.1) is 0 Å². The van der Waals surface area contributed by atoms with E-state index in [4.69, 9.17) is 5.11 Å². The third-order valence-electron chi connectivity index (χ3n) is 3.29. The second-order valence-electron chi connectivity index (χ2n) is 4.81. The number of aliphatic hydroxyl groups excluding tert-OH is 1. The van der Waals surface area contributed by atoms with Gasteiger partial charge in [-0.1, -0.05) is 49.4 Å². The van der Waals surface area contributed by atoms with Crippen molar-refractivity contribution in [3.8, 4) is 11.1 Å². The topological polar surface area (TPSA) is 86.6 Å². The molecule has 0 aliphatic rings. The second kappa shape index (κ2) is 6.87. The van der Waals surface area contributed by atoms with Crippen molar-refractivity contribution in [3.05, 3.63) is 54.1 Å². The Hall–Kier alpha value is -2.66. The number of para-hydroxylation sites is 1. The number of rotatable bonds is 5. The molecule has 0 heterocycles. The minimum atomic E-state index is -1.54. The van der Waals surface area contributed by atoms with Crippen LogP contribution in [0, 0.1) is 0 Å². The largest absolute Gasteiger partial charge is 0.479 e. The Morgan fingerprint density at radius 1 is 1.09 bits per heavy atom. The highest BCUT2D eigenvalue weighted by molar-refractivity contribution is 5.95. The van der Waals surface area contributed by atoms with Gasteiger partial charge in [-0.2, -0.15) is 0 Å². The summed E-state index contributed by atoms with van der Waals surface area (Å²) in [5.41, 5.74) is 2.67. The van der Waals surface area contributed by atoms with E-state index in [2.05, 4.69) is 5.32 Å². The molecule has 0 radical (unpaired) electrons. The number of benzene rings is 2. The number of carboxylic acids is 1. The summed E-state index contributed by atoms with van der Waals surface area (Å²) in [7, 11) is 0. The summed E-state index contributed by atoms with van der Waals surface area (Å²) in [4.78, 5) is 22.3. The van der Waals surface area contributed by atoms with E-state index in [1.807, 2.05) is 24.3 Å². The first-order chi connectivity index (χ1) is 10.5. The minimum Gasteiger partial charge on any atom is -0.479 e. The lowest BCUT2D eigenvalue weighted by atomic mass is 10.0. The number of hydrogen-bond donors (Lipinski definition) is 3. The number of amides is 1. The van der Waals surface area contributed by atoms with Gasteiger partial charge in [-0.25, -0.2) is 4.79 Å². The molecular formula is C17H17NO4. The molecule has 5 nitrogen and oxygen atoms in total. The normalized spacial score (nSPS) is 11.7. The van der Waals surface area contributed by atoms with E-state index in [0.717, 1.165) is 11.1 Å². The monoisotopic (exact) mass is 299 g/mol. The molecule has 0 saturated carbocycles. The standard InChI is InChI=1S/C17H17NO4/c1-2-15(19)18-14-6-4-3-5-13(14)11-7-9-12(10-8-11)16(20)17(21)22/h3-10,16,20H,2H2,1H3,(H,18,19)(H,21,22). The van der Waals surface area contributed by atoms with Crippen LogP contribution in [0.15, 0.2) is 48.5 Å². The summed E-state index contributed by atoms with van der Waals surface area (Å²) >= 11 is 0. The Kier molecular flexibility index (Phi) is 4.91. The molecule has 2 rings (SSSR count). The van der Waals surface area contributed by atoms with Gasteiger partial charge in [0.2, 0.25) is 5.91 Å². The molecule has 114 valence electrons. The van der Waals surface area contributed by atoms with Gasteiger partial charge in [0.15, 0.2) is 6.10 Å². The highest BCUT2D eigenvalue weighted by atomic mass is 16.4. The number of anilines is 1. The van der Waals surface area contributed by atoms with Crippen LogP contribution in [0.25, 0.3) is 11.1 Å². The molecule has 1 amide bonds. The maximum Gasteiger partial charge on any atom is 0.337 e. The summed E-state index contributed by atoms with van der Waals surface area (Å²) in [5, 5.41) is 21.1. The van der Waals surface area contributed by atoms with Crippen molar-refractivity contribution in [2.75, 3.05) is 5.32 Å². The van der Waals surface area contributed by atoms with E-state index in [1.165, 1.54) is 0 Å². The van der Waals surface area contributed by atoms with E-state index in [1.54, 1.807) is 31.2 Å². The van der Waals surface area contributed by atoms with E-state index < -0.39 is 12.1 Å². The fraction of sp³-hybridized carbons (Fsp3) is 0.176. The van der Waals surface area contributed by atoms with Crippen LogP contribution in [-0.4, -0.2) is 22.1 Å². The minimum absolute atomic E-state index is 0.0784. The number of hydrogen-bond acceptors (Lipinski definition) is 3. The summed E-state index contributed by atoms with van der Waals surface area (Å²) < 4.78 is 0. The third kappa shape index (κ3) is 3.51. The maximum absolute atomic E-state index is 11.6. The molecule has 0 aromatic heterocycles. The number of carboxylic acid groups (broad SMARTS) is 1. The van der Waals surface area contributed by atoms with Crippen molar-refractivity contribution in [2.24, 2.45) is 0 Å². The highest BCUT2D eigenvalue weighted by Gasteiger charge is 2.16. The maximum atomic E-state index is 11.6. The predicted molar refractivity (Wildman–Crippen MR) is 83.4 cm³/mol. The molecule has 1 unspecified atom stereocenters. The lowest BCUT2D eigenvalue weighted by molar-refractivity contribution is -0.146. The molecule has 2 aromatic carbocycles. The Morgan fingerprint density at radius 2 is 1.73 bits per heavy atom. The smallest absolute Gasteiger partial charge is 0.337 e. The van der Waals surface area contributed by atoms with Crippen LogP contribution >= 0.6 is 0 Å². The number of nitrogens with one attached hydrogen (secondary N) is 1. The van der Waals surface area contributed by atoms with Gasteiger partial charge < -0.3 is 15.5 Å². The number of carbonyl (C=O) groups is 2. The Bertz CT molecular complexity index is 679. The van der Waals surface area contributed by atoms with E-state index >= 15 is 0 Å². The van der Waals surface area contributed by atoms with Gasteiger partial charge in [0, 0.05) is 17.7 Å². The molecule has 0 aliphatic carbocycles. The van der Waals surface area contributed by atoms with Crippen molar-refractivity contribution >= 4 is 17.6 Å². The fourth-order valence-corrected chi connectivity index (χ4v) is 2.07. The van der Waals surface area contributed by atoms with Crippen LogP contribution in [0.4, 0.5) is 5.69 Å². The zero-order valence-corrected chi connectivity index (χ0v) is 12.1. The van der Waals surface area contributed by atoms with E-state index in [0.29, 0.717) is 17.7 Å². The van der Waals surface area contributed by atoms with E-state index in [-0.39, 0.29) is 5.91 Å². The van der Waals surface area contributed by atoms with Crippen molar-refractivity contribution in [1.82, 2.24) is 0 Å². The number of carbonyl (C=O) groups excluding carboxylic acids is 1. The van der Waals surface area contributed by atoms with Gasteiger partial charge >= 0.3 is 5.97 Å². The first kappa shape index (κ1) is 15.7. The molecule has 3 N–H and O–H groups in total. The van der Waals surface area contributed by atoms with Crippen LogP contribution in [-0.2, 0) is 9.59 Å². The molecule has 0 saturated heterocycles. The molecule has 0 bridgehead atoms. The van der Waals surface area contributed by atoms with Crippen LogP contribution in [0.3, 0.4) is 0 Å². The Labute approximate surface area is 128 Å². The summed E-state index contributed by atoms with van der Waals surface area (Å²) in [6, 6.07) is 13.9. The lowest BCUT2D eigenvalue weighted by Crippen LogP contribution is -2.11. The summed E-state index contributed by atoms with van der Waals surface area (Å²) in [6.45, 7) is 1.78. The van der Waals surface area contributed by atoms with E-state index in [9.17, 15) is 14.7 Å². The SMILES string of the molecule is CCC(=O)Nc1ccccc1-c1ccc(C(O)C(=O)O)cc1. The van der Waals surface area contributed by atoms with Crippen molar-refractivity contribution in [1.29, 1.82) is 0 Å². The molecule has 0 fully saturated rings. The average molecular weight is 299 g/mol. The van der Waals surface area contributed by atoms with Crippen LogP contribution in [0.1, 0.15) is 25.0 Å². The Morgan fingerprint density at radius 3 is 2.32 bits per heavy atom. The van der Waals surface area contributed by atoms with Gasteiger partial charge in [0.05, 0.1) is 0 Å². The molecular weight excluding hydrogens is 282 g/mol. The molecule has 0 spiro atoms. The van der Waals surface area contributed by atoms with Crippen molar-refractivity contribution in [2.45, 2.75) is 19.4 Å². The molecule has 1 atom stereocenters. The molecule has 2 aromatic rings. The number of aliphatic hydroxyl groups is 1. The van der Waals surface area contributed by atoms with Crippen molar-refractivity contribution < 1.29 is 19.8 Å². The predicted octanol–water partition coefficient (Wildman–Crippen LogP) is 2.82. The van der Waals surface area contributed by atoms with Crippen LogP contribution < -0.4 is 5.32 Å².